The van der Waals surface area contributed by atoms with Gasteiger partial charge < -0.3 is 10.6 Å². The highest BCUT2D eigenvalue weighted by Gasteiger charge is 2.42. The first-order valence-electron chi connectivity index (χ1n) is 11.0. The maximum absolute atomic E-state index is 13.6. The summed E-state index contributed by atoms with van der Waals surface area (Å²) in [5.41, 5.74) is 4.11. The molecule has 1 atom stereocenters. The fourth-order valence-electron chi connectivity index (χ4n) is 4.63. The van der Waals surface area contributed by atoms with Crippen LogP contribution in [0.3, 0.4) is 0 Å². The van der Waals surface area contributed by atoms with Crippen molar-refractivity contribution in [2.45, 2.75) is 39.7 Å². The molecule has 0 fully saturated rings. The van der Waals surface area contributed by atoms with Crippen molar-refractivity contribution in [2.24, 2.45) is 5.41 Å². The van der Waals surface area contributed by atoms with Crippen LogP contribution in [0, 0.1) is 18.2 Å². The fraction of sp³-hybridized carbons (Fsp3) is 0.269. The molecule has 2 aliphatic rings. The number of carbonyl (C=O) groups is 2. The smallest absolute Gasteiger partial charge is 0.261 e. The number of amides is 1. The van der Waals surface area contributed by atoms with E-state index in [1.165, 1.54) is 18.3 Å². The average Bonchev–Trinajstić information content (AvgIpc) is 3.19. The molecule has 0 spiro atoms. The van der Waals surface area contributed by atoms with Crippen LogP contribution >= 0.6 is 0 Å². The number of Topliss-reactive ketones (excluding diaryl/α,β-unsaturated/α-hetero) is 1. The van der Waals surface area contributed by atoms with Gasteiger partial charge in [-0.05, 0) is 48.6 Å². The molecular weight excluding hydrogens is 419 g/mol. The number of carbonyl (C=O) groups excluding carboxylic acids is 2. The van der Waals surface area contributed by atoms with Gasteiger partial charge in [-0.2, -0.15) is 5.10 Å². The van der Waals surface area contributed by atoms with Crippen molar-refractivity contribution in [1.29, 1.82) is 0 Å². The molecular formula is C26H25FN4O2. The van der Waals surface area contributed by atoms with Crippen molar-refractivity contribution in [1.82, 2.24) is 9.78 Å². The molecule has 1 unspecified atom stereocenters. The van der Waals surface area contributed by atoms with Crippen LogP contribution in [0.1, 0.15) is 54.2 Å². The number of aromatic nitrogens is 2. The lowest BCUT2D eigenvalue weighted by Crippen LogP contribution is -2.36. The standard InChI is InChI=1S/C26H25FN4O2/c1-15-4-10-18(11-5-15)29-25(33)19-14-28-31-20-12-26(2,3)13-21(32)22(20)23(30-24(19)31)16-6-8-17(27)9-7-16/h4-11,14,23,30H,12-13H2,1-3H3,(H,29,33). The number of hydrogen-bond acceptors (Lipinski definition) is 4. The van der Waals surface area contributed by atoms with E-state index >= 15 is 0 Å². The summed E-state index contributed by atoms with van der Waals surface area (Å²) >= 11 is 0. The van der Waals surface area contributed by atoms with Gasteiger partial charge in [-0.3, -0.25) is 9.59 Å². The Morgan fingerprint density at radius 2 is 1.82 bits per heavy atom. The Bertz CT molecular complexity index is 1290. The van der Waals surface area contributed by atoms with E-state index in [-0.39, 0.29) is 22.9 Å². The van der Waals surface area contributed by atoms with E-state index in [0.29, 0.717) is 35.5 Å². The van der Waals surface area contributed by atoms with E-state index in [4.69, 9.17) is 0 Å². The van der Waals surface area contributed by atoms with E-state index in [2.05, 4.69) is 29.6 Å². The molecule has 0 radical (unpaired) electrons. The minimum atomic E-state index is -0.487. The lowest BCUT2D eigenvalue weighted by atomic mass is 9.73. The van der Waals surface area contributed by atoms with Crippen LogP contribution in [0.5, 0.6) is 0 Å². The molecule has 2 aromatic carbocycles. The predicted molar refractivity (Wildman–Crippen MR) is 125 cm³/mol. The molecule has 6 nitrogen and oxygen atoms in total. The molecule has 0 saturated carbocycles. The lowest BCUT2D eigenvalue weighted by molar-refractivity contribution is -0.118. The summed E-state index contributed by atoms with van der Waals surface area (Å²) in [5, 5.41) is 10.8. The molecule has 7 heteroatoms. The van der Waals surface area contributed by atoms with Crippen LogP contribution in [0.25, 0.3) is 5.70 Å². The molecule has 1 amide bonds. The average molecular weight is 445 g/mol. The Hall–Kier alpha value is -3.74. The summed E-state index contributed by atoms with van der Waals surface area (Å²) in [6.07, 6.45) is 2.58. The van der Waals surface area contributed by atoms with Gasteiger partial charge in [0.2, 0.25) is 0 Å². The molecule has 2 heterocycles. The number of anilines is 2. The molecule has 0 bridgehead atoms. The highest BCUT2D eigenvalue weighted by atomic mass is 19.1. The maximum Gasteiger partial charge on any atom is 0.261 e. The van der Waals surface area contributed by atoms with Crippen LogP contribution in [0.15, 0.2) is 60.3 Å². The largest absolute Gasteiger partial charge is 0.358 e. The van der Waals surface area contributed by atoms with Gasteiger partial charge in [0.05, 0.1) is 17.9 Å². The second kappa shape index (κ2) is 7.69. The quantitative estimate of drug-likeness (QED) is 0.571. The Morgan fingerprint density at radius 1 is 1.12 bits per heavy atom. The second-order valence-corrected chi connectivity index (χ2v) is 9.57. The zero-order chi connectivity index (χ0) is 23.3. The van der Waals surface area contributed by atoms with Crippen LogP contribution in [0.4, 0.5) is 15.9 Å². The summed E-state index contributed by atoms with van der Waals surface area (Å²) in [4.78, 5) is 26.4. The normalized spacial score (nSPS) is 18.9. The zero-order valence-corrected chi connectivity index (χ0v) is 18.8. The van der Waals surface area contributed by atoms with Gasteiger partial charge in [-0.15, -0.1) is 0 Å². The Morgan fingerprint density at radius 3 is 2.52 bits per heavy atom. The molecule has 168 valence electrons. The predicted octanol–water partition coefficient (Wildman–Crippen LogP) is 5.35. The summed E-state index contributed by atoms with van der Waals surface area (Å²) in [6, 6.07) is 13.2. The summed E-state index contributed by atoms with van der Waals surface area (Å²) in [7, 11) is 0. The molecule has 1 aromatic heterocycles. The minimum absolute atomic E-state index is 0.0369. The fourth-order valence-corrected chi connectivity index (χ4v) is 4.63. The van der Waals surface area contributed by atoms with E-state index in [1.807, 2.05) is 31.2 Å². The third kappa shape index (κ3) is 3.84. The molecule has 5 rings (SSSR count). The van der Waals surface area contributed by atoms with Gasteiger partial charge in [0.25, 0.3) is 5.91 Å². The van der Waals surface area contributed by atoms with Crippen molar-refractivity contribution in [2.75, 3.05) is 10.6 Å². The van der Waals surface area contributed by atoms with Crippen LogP contribution < -0.4 is 10.6 Å². The van der Waals surface area contributed by atoms with E-state index < -0.39 is 6.04 Å². The molecule has 0 saturated heterocycles. The van der Waals surface area contributed by atoms with Crippen LogP contribution in [-0.4, -0.2) is 21.5 Å². The zero-order valence-electron chi connectivity index (χ0n) is 18.8. The molecule has 1 aliphatic carbocycles. The van der Waals surface area contributed by atoms with Crippen LogP contribution in [0.2, 0.25) is 0 Å². The van der Waals surface area contributed by atoms with Gasteiger partial charge in [-0.1, -0.05) is 43.7 Å². The highest BCUT2D eigenvalue weighted by molar-refractivity contribution is 6.10. The molecule has 2 N–H and O–H groups in total. The first kappa shape index (κ1) is 21.1. The summed E-state index contributed by atoms with van der Waals surface area (Å²) < 4.78 is 15.3. The topological polar surface area (TPSA) is 76.0 Å². The van der Waals surface area contributed by atoms with E-state index in [1.54, 1.807) is 16.8 Å². The molecule has 33 heavy (non-hydrogen) atoms. The number of fused-ring (bicyclic) bond motifs is 2. The summed E-state index contributed by atoms with van der Waals surface area (Å²) in [5.74, 6) is -0.0768. The number of benzene rings is 2. The van der Waals surface area contributed by atoms with Crippen molar-refractivity contribution in [3.05, 3.63) is 82.8 Å². The minimum Gasteiger partial charge on any atom is -0.358 e. The van der Waals surface area contributed by atoms with Gasteiger partial charge in [0.15, 0.2) is 5.78 Å². The third-order valence-corrected chi connectivity index (χ3v) is 6.25. The first-order valence-corrected chi connectivity index (χ1v) is 11.0. The Balaban J connectivity index is 1.58. The Labute approximate surface area is 191 Å². The van der Waals surface area contributed by atoms with Gasteiger partial charge in [0.1, 0.15) is 17.2 Å². The SMILES string of the molecule is Cc1ccc(NC(=O)c2cnn3c2NC(c2ccc(F)cc2)C2=C3CC(C)(C)CC2=O)cc1. The van der Waals surface area contributed by atoms with Gasteiger partial charge in [-0.25, -0.2) is 9.07 Å². The summed E-state index contributed by atoms with van der Waals surface area (Å²) in [6.45, 7) is 6.09. The number of rotatable bonds is 3. The number of ketones is 1. The third-order valence-electron chi connectivity index (χ3n) is 6.25. The number of nitrogens with zero attached hydrogens (tertiary/aromatic N) is 2. The number of allylic oxidation sites excluding steroid dienone is 1. The van der Waals surface area contributed by atoms with Gasteiger partial charge >= 0.3 is 0 Å². The maximum atomic E-state index is 13.6. The molecule has 3 aromatic rings. The van der Waals surface area contributed by atoms with E-state index in [9.17, 15) is 14.0 Å². The van der Waals surface area contributed by atoms with Gasteiger partial charge in [0, 0.05) is 17.7 Å². The van der Waals surface area contributed by atoms with Crippen molar-refractivity contribution < 1.29 is 14.0 Å². The van der Waals surface area contributed by atoms with Crippen molar-refractivity contribution in [3.8, 4) is 0 Å². The monoisotopic (exact) mass is 444 g/mol. The Kier molecular flexibility index (Phi) is 4.92. The number of aryl methyl sites for hydroxylation is 1. The van der Waals surface area contributed by atoms with Crippen molar-refractivity contribution in [3.63, 3.8) is 0 Å². The highest BCUT2D eigenvalue weighted by Crippen LogP contribution is 2.47. The number of halogens is 1. The van der Waals surface area contributed by atoms with Crippen molar-refractivity contribution >= 4 is 28.9 Å². The second-order valence-electron chi connectivity index (χ2n) is 9.57. The molecule has 1 aliphatic heterocycles. The lowest BCUT2D eigenvalue weighted by Gasteiger charge is -2.39. The first-order chi connectivity index (χ1) is 15.7. The van der Waals surface area contributed by atoms with Crippen LogP contribution in [-0.2, 0) is 4.79 Å². The number of hydrogen-bond donors (Lipinski definition) is 2. The van der Waals surface area contributed by atoms with E-state index in [0.717, 1.165) is 16.8 Å². The number of nitrogens with one attached hydrogen (secondary N) is 2.